The van der Waals surface area contributed by atoms with Crippen LogP contribution in [0.1, 0.15) is 49.7 Å². The van der Waals surface area contributed by atoms with E-state index in [9.17, 15) is 9.90 Å². The molecular formula is C26H27ClO4. The number of phenolic OH excluding ortho intramolecular Hbond substituents is 1. The summed E-state index contributed by atoms with van der Waals surface area (Å²) in [7, 11) is 1.57. The predicted octanol–water partition coefficient (Wildman–Crippen LogP) is 6.29. The molecule has 4 aliphatic rings. The molecule has 0 amide bonds. The molecule has 31 heavy (non-hydrogen) atoms. The second-order valence-electron chi connectivity index (χ2n) is 9.68. The number of carboxylic acids is 1. The lowest BCUT2D eigenvalue weighted by Crippen LogP contribution is -2.48. The number of carbonyl (C=O) groups is 1. The van der Waals surface area contributed by atoms with Crippen molar-refractivity contribution in [3.63, 3.8) is 0 Å². The summed E-state index contributed by atoms with van der Waals surface area (Å²) in [5.41, 5.74) is 3.44. The molecule has 6 rings (SSSR count). The second kappa shape index (κ2) is 7.59. The maximum absolute atomic E-state index is 11.0. The molecule has 5 heteroatoms. The zero-order valence-electron chi connectivity index (χ0n) is 17.6. The van der Waals surface area contributed by atoms with Crippen molar-refractivity contribution in [3.05, 3.63) is 52.6 Å². The van der Waals surface area contributed by atoms with Gasteiger partial charge in [-0.1, -0.05) is 17.7 Å². The molecule has 0 aromatic heterocycles. The van der Waals surface area contributed by atoms with E-state index in [0.717, 1.165) is 59.8 Å². The third kappa shape index (κ3) is 3.61. The summed E-state index contributed by atoms with van der Waals surface area (Å²) in [4.78, 5) is 11.0. The molecular weight excluding hydrogens is 412 g/mol. The van der Waals surface area contributed by atoms with Crippen molar-refractivity contribution in [1.29, 1.82) is 0 Å². The number of hydrogen-bond acceptors (Lipinski definition) is 3. The Hall–Kier alpha value is -2.46. The van der Waals surface area contributed by atoms with E-state index in [1.807, 2.05) is 12.1 Å². The van der Waals surface area contributed by atoms with Gasteiger partial charge in [-0.25, -0.2) is 4.79 Å². The lowest BCUT2D eigenvalue weighted by molar-refractivity contribution is -0.131. The molecule has 4 fully saturated rings. The first-order chi connectivity index (χ1) is 14.9. The monoisotopic (exact) mass is 438 g/mol. The van der Waals surface area contributed by atoms with Crippen LogP contribution in [0.3, 0.4) is 0 Å². The predicted molar refractivity (Wildman–Crippen MR) is 122 cm³/mol. The van der Waals surface area contributed by atoms with Crippen LogP contribution in [-0.2, 0) is 10.2 Å². The van der Waals surface area contributed by atoms with Gasteiger partial charge in [0.25, 0.3) is 0 Å². The van der Waals surface area contributed by atoms with E-state index < -0.39 is 5.97 Å². The summed E-state index contributed by atoms with van der Waals surface area (Å²) in [5, 5.41) is 20.4. The minimum absolute atomic E-state index is 0.0622. The van der Waals surface area contributed by atoms with Crippen LogP contribution in [0, 0.1) is 17.8 Å². The molecule has 0 atom stereocenters. The van der Waals surface area contributed by atoms with Gasteiger partial charge < -0.3 is 14.9 Å². The van der Waals surface area contributed by atoms with Crippen molar-refractivity contribution < 1.29 is 19.7 Å². The van der Waals surface area contributed by atoms with Gasteiger partial charge in [-0.15, -0.1) is 0 Å². The van der Waals surface area contributed by atoms with Gasteiger partial charge in [0.15, 0.2) is 0 Å². The molecule has 4 saturated carbocycles. The molecule has 0 heterocycles. The van der Waals surface area contributed by atoms with E-state index >= 15 is 0 Å². The van der Waals surface area contributed by atoms with Gasteiger partial charge in [0, 0.05) is 27.8 Å². The molecule has 2 aromatic carbocycles. The third-order valence-electron chi connectivity index (χ3n) is 7.61. The van der Waals surface area contributed by atoms with Crippen LogP contribution in [0.15, 0.2) is 36.4 Å². The lowest BCUT2D eigenvalue weighted by Gasteiger charge is -2.57. The summed E-state index contributed by atoms with van der Waals surface area (Å²) >= 11 is 6.39. The van der Waals surface area contributed by atoms with Crippen molar-refractivity contribution in [2.24, 2.45) is 17.8 Å². The number of halogens is 1. The molecule has 0 radical (unpaired) electrons. The van der Waals surface area contributed by atoms with Crippen molar-refractivity contribution in [2.75, 3.05) is 7.11 Å². The fourth-order valence-corrected chi connectivity index (χ4v) is 7.14. The van der Waals surface area contributed by atoms with Gasteiger partial charge in [-0.2, -0.15) is 0 Å². The highest BCUT2D eigenvalue weighted by molar-refractivity contribution is 6.31. The number of hydrogen-bond donors (Lipinski definition) is 2. The van der Waals surface area contributed by atoms with Gasteiger partial charge >= 0.3 is 5.97 Å². The minimum Gasteiger partial charge on any atom is -0.508 e. The first kappa shape index (κ1) is 20.4. The van der Waals surface area contributed by atoms with Crippen LogP contribution in [0.2, 0.25) is 5.02 Å². The van der Waals surface area contributed by atoms with Gasteiger partial charge in [0.05, 0.1) is 7.11 Å². The number of methoxy groups -OCH3 is 1. The normalized spacial score (nSPS) is 28.9. The van der Waals surface area contributed by atoms with Gasteiger partial charge in [-0.3, -0.25) is 0 Å². The topological polar surface area (TPSA) is 66.8 Å². The van der Waals surface area contributed by atoms with E-state index in [2.05, 4.69) is 6.07 Å². The summed E-state index contributed by atoms with van der Waals surface area (Å²) < 4.78 is 5.67. The number of carboxylic acid groups (broad SMARTS) is 1. The molecule has 2 N–H and O–H groups in total. The van der Waals surface area contributed by atoms with Gasteiger partial charge in [0.2, 0.25) is 0 Å². The largest absolute Gasteiger partial charge is 0.508 e. The summed E-state index contributed by atoms with van der Waals surface area (Å²) in [5.74, 6) is 2.26. The quantitative estimate of drug-likeness (QED) is 0.538. The summed E-state index contributed by atoms with van der Waals surface area (Å²) in [6, 6.07) is 9.33. The zero-order valence-corrected chi connectivity index (χ0v) is 18.4. The van der Waals surface area contributed by atoms with Crippen LogP contribution >= 0.6 is 11.6 Å². The van der Waals surface area contributed by atoms with E-state index in [0.29, 0.717) is 22.1 Å². The van der Waals surface area contributed by atoms with Crippen molar-refractivity contribution in [2.45, 2.75) is 43.9 Å². The molecule has 0 aliphatic heterocycles. The van der Waals surface area contributed by atoms with Crippen LogP contribution in [0.4, 0.5) is 0 Å². The molecule has 4 nitrogen and oxygen atoms in total. The van der Waals surface area contributed by atoms with E-state index in [1.165, 1.54) is 25.3 Å². The molecule has 0 spiro atoms. The minimum atomic E-state index is -1.03. The Balaban J connectivity index is 1.61. The summed E-state index contributed by atoms with van der Waals surface area (Å²) in [6.07, 6.45) is 10.1. The van der Waals surface area contributed by atoms with Crippen LogP contribution < -0.4 is 4.74 Å². The Morgan fingerprint density at radius 3 is 2.32 bits per heavy atom. The van der Waals surface area contributed by atoms with Gasteiger partial charge in [-0.05, 0) is 97.6 Å². The van der Waals surface area contributed by atoms with Crippen LogP contribution in [-0.4, -0.2) is 23.3 Å². The third-order valence-corrected chi connectivity index (χ3v) is 7.83. The maximum Gasteiger partial charge on any atom is 0.328 e. The fraction of sp³-hybridized carbons (Fsp3) is 0.423. The highest BCUT2D eigenvalue weighted by Crippen LogP contribution is 2.62. The van der Waals surface area contributed by atoms with Crippen molar-refractivity contribution in [1.82, 2.24) is 0 Å². The average Bonchev–Trinajstić information content (AvgIpc) is 2.71. The zero-order chi connectivity index (χ0) is 21.8. The smallest absolute Gasteiger partial charge is 0.328 e. The molecule has 162 valence electrons. The average molecular weight is 439 g/mol. The van der Waals surface area contributed by atoms with E-state index in [1.54, 1.807) is 19.2 Å². The number of rotatable bonds is 5. The Morgan fingerprint density at radius 1 is 1.10 bits per heavy atom. The number of phenols is 1. The summed E-state index contributed by atoms with van der Waals surface area (Å²) in [6.45, 7) is 0. The number of aliphatic carboxylic acids is 1. The van der Waals surface area contributed by atoms with Crippen LogP contribution in [0.25, 0.3) is 17.2 Å². The first-order valence-electron chi connectivity index (χ1n) is 11.0. The first-order valence-corrected chi connectivity index (χ1v) is 11.4. The molecule has 2 aromatic rings. The number of benzene rings is 2. The van der Waals surface area contributed by atoms with Crippen molar-refractivity contribution >= 4 is 23.6 Å². The lowest BCUT2D eigenvalue weighted by atomic mass is 9.48. The van der Waals surface area contributed by atoms with E-state index in [-0.39, 0.29) is 5.41 Å². The molecule has 4 aliphatic carbocycles. The highest BCUT2D eigenvalue weighted by atomic mass is 35.5. The van der Waals surface area contributed by atoms with E-state index in [4.69, 9.17) is 21.4 Å². The number of aromatic hydroxyl groups is 1. The molecule has 0 saturated heterocycles. The SMILES string of the molecule is COc1c(/C=C/C(=O)O)cc(Cl)cc1-c1ccc(O)c(C23CC4CC(CC(C4)C2)C3)c1. The Bertz CT molecular complexity index is 1040. The Morgan fingerprint density at radius 2 is 1.74 bits per heavy atom. The highest BCUT2D eigenvalue weighted by Gasteiger charge is 2.52. The molecule has 0 unspecified atom stereocenters. The van der Waals surface area contributed by atoms with Gasteiger partial charge in [0.1, 0.15) is 11.5 Å². The Labute approximate surface area is 187 Å². The second-order valence-corrected chi connectivity index (χ2v) is 10.1. The van der Waals surface area contributed by atoms with Crippen molar-refractivity contribution in [3.8, 4) is 22.6 Å². The maximum atomic E-state index is 11.0. The fourth-order valence-electron chi connectivity index (χ4n) is 6.91. The molecule has 4 bridgehead atoms. The standard InChI is InChI=1S/C26H27ClO4/c1-31-25-19(3-5-24(29)30)9-20(27)11-21(25)18-2-4-23(28)22(10-18)26-12-15-6-16(13-26)8-17(7-15)14-26/h2-5,9-11,15-17,28H,6-8,12-14H2,1H3,(H,29,30)/b5-3+. The Kier molecular flexibility index (Phi) is 5.01. The van der Waals surface area contributed by atoms with Crippen LogP contribution in [0.5, 0.6) is 11.5 Å². The number of ether oxygens (including phenoxy) is 1.